The molecule has 1 aliphatic heterocycles. The van der Waals surface area contributed by atoms with E-state index in [0.717, 1.165) is 22.6 Å². The summed E-state index contributed by atoms with van der Waals surface area (Å²) in [6.45, 7) is 3.98. The molecular weight excluding hydrogens is 340 g/mol. The first-order valence-corrected chi connectivity index (χ1v) is 8.78. The molecule has 2 heterocycles. The molecule has 0 spiro atoms. The van der Waals surface area contributed by atoms with Crippen molar-refractivity contribution in [2.24, 2.45) is 0 Å². The van der Waals surface area contributed by atoms with E-state index in [1.165, 1.54) is 6.33 Å². The molecule has 4 rings (SSSR count). The summed E-state index contributed by atoms with van der Waals surface area (Å²) < 4.78 is 7.60. The number of carbonyl (C=O) groups excluding carboxylic acids is 1. The van der Waals surface area contributed by atoms with Crippen molar-refractivity contribution >= 4 is 11.7 Å². The largest absolute Gasteiger partial charge is 0.489 e. The monoisotopic (exact) mass is 360 g/mol. The molecule has 2 aromatic carbocycles. The Balaban J connectivity index is 1.60. The van der Waals surface area contributed by atoms with Gasteiger partial charge in [0.25, 0.3) is 0 Å². The average molecular weight is 360 g/mol. The number of aromatic nitrogens is 3. The number of carbonyl (C=O) groups is 1. The molecule has 27 heavy (non-hydrogen) atoms. The number of allylic oxidation sites excluding steroid dienone is 2. The molecule has 1 N–H and O–H groups in total. The fourth-order valence-electron chi connectivity index (χ4n) is 3.34. The van der Waals surface area contributed by atoms with Gasteiger partial charge >= 0.3 is 0 Å². The van der Waals surface area contributed by atoms with Gasteiger partial charge in [0.1, 0.15) is 24.7 Å². The Morgan fingerprint density at radius 3 is 2.59 bits per heavy atom. The lowest BCUT2D eigenvalue weighted by atomic mass is 9.93. The predicted molar refractivity (Wildman–Crippen MR) is 102 cm³/mol. The van der Waals surface area contributed by atoms with Gasteiger partial charge in [-0.3, -0.25) is 4.79 Å². The minimum absolute atomic E-state index is 0.00977. The molecule has 1 atom stereocenters. The Labute approximate surface area is 157 Å². The van der Waals surface area contributed by atoms with Gasteiger partial charge in [0, 0.05) is 11.3 Å². The van der Waals surface area contributed by atoms with Gasteiger partial charge < -0.3 is 10.1 Å². The molecule has 0 saturated carbocycles. The first kappa shape index (κ1) is 17.0. The van der Waals surface area contributed by atoms with E-state index in [9.17, 15) is 4.79 Å². The van der Waals surface area contributed by atoms with Crippen LogP contribution in [0.5, 0.6) is 5.75 Å². The topological polar surface area (TPSA) is 69.0 Å². The number of anilines is 1. The number of hydrogen-bond donors (Lipinski definition) is 1. The molecule has 6 heteroatoms. The zero-order valence-electron chi connectivity index (χ0n) is 15.2. The molecule has 0 aliphatic carbocycles. The lowest BCUT2D eigenvalue weighted by Crippen LogP contribution is -2.27. The second kappa shape index (κ2) is 7.07. The van der Waals surface area contributed by atoms with Crippen LogP contribution in [-0.4, -0.2) is 20.5 Å². The van der Waals surface area contributed by atoms with Crippen molar-refractivity contribution in [1.82, 2.24) is 14.8 Å². The Bertz CT molecular complexity index is 991. The first-order chi connectivity index (χ1) is 13.1. The molecule has 0 saturated heterocycles. The van der Waals surface area contributed by atoms with Crippen LogP contribution in [0.4, 0.5) is 5.95 Å². The number of fused-ring (bicyclic) bond motifs is 1. The summed E-state index contributed by atoms with van der Waals surface area (Å²) in [7, 11) is 0. The van der Waals surface area contributed by atoms with Crippen molar-refractivity contribution in [2.75, 3.05) is 5.32 Å². The Hall–Kier alpha value is -3.41. The summed E-state index contributed by atoms with van der Waals surface area (Å²) >= 11 is 0. The molecule has 0 radical (unpaired) electrons. The standard InChI is InChI=1S/C21H20N4O2/c1-14-19(15(2)26)20(25-21(24-14)22-13-23-25)17-8-10-18(11-9-17)27-12-16-6-4-3-5-7-16/h3-11,13,20H,12H2,1-2H3,(H,22,23,24)/t20-/m1/s1. The summed E-state index contributed by atoms with van der Waals surface area (Å²) in [5, 5.41) is 7.45. The molecule has 0 fully saturated rings. The molecule has 0 amide bonds. The van der Waals surface area contributed by atoms with Crippen LogP contribution in [0, 0.1) is 0 Å². The summed E-state index contributed by atoms with van der Waals surface area (Å²) in [4.78, 5) is 16.5. The van der Waals surface area contributed by atoms with E-state index in [0.29, 0.717) is 18.1 Å². The van der Waals surface area contributed by atoms with Gasteiger partial charge in [0.05, 0.1) is 0 Å². The van der Waals surface area contributed by atoms with Gasteiger partial charge in [0.15, 0.2) is 5.78 Å². The van der Waals surface area contributed by atoms with E-state index in [-0.39, 0.29) is 11.8 Å². The maximum absolute atomic E-state index is 12.3. The van der Waals surface area contributed by atoms with E-state index in [2.05, 4.69) is 15.4 Å². The number of nitrogens with one attached hydrogen (secondary N) is 1. The van der Waals surface area contributed by atoms with Crippen molar-refractivity contribution in [3.63, 3.8) is 0 Å². The van der Waals surface area contributed by atoms with Crippen molar-refractivity contribution in [2.45, 2.75) is 26.5 Å². The van der Waals surface area contributed by atoms with Crippen LogP contribution in [0.15, 0.2) is 72.2 Å². The summed E-state index contributed by atoms with van der Waals surface area (Å²) in [5.41, 5.74) is 3.56. The Morgan fingerprint density at radius 1 is 1.15 bits per heavy atom. The highest BCUT2D eigenvalue weighted by molar-refractivity contribution is 5.96. The highest BCUT2D eigenvalue weighted by Crippen LogP contribution is 2.35. The third kappa shape index (κ3) is 3.33. The van der Waals surface area contributed by atoms with Gasteiger partial charge in [-0.2, -0.15) is 10.1 Å². The van der Waals surface area contributed by atoms with E-state index in [1.54, 1.807) is 11.6 Å². The number of hydrogen-bond acceptors (Lipinski definition) is 5. The molecule has 1 aromatic heterocycles. The van der Waals surface area contributed by atoms with Gasteiger partial charge in [-0.1, -0.05) is 42.5 Å². The Kier molecular flexibility index (Phi) is 4.46. The lowest BCUT2D eigenvalue weighted by Gasteiger charge is -2.28. The zero-order valence-corrected chi connectivity index (χ0v) is 15.2. The minimum atomic E-state index is -0.301. The van der Waals surface area contributed by atoms with Crippen LogP contribution in [0.2, 0.25) is 0 Å². The third-order valence-electron chi connectivity index (χ3n) is 4.62. The van der Waals surface area contributed by atoms with Gasteiger partial charge in [-0.05, 0) is 37.1 Å². The van der Waals surface area contributed by atoms with Crippen molar-refractivity contribution in [1.29, 1.82) is 0 Å². The van der Waals surface area contributed by atoms with E-state index < -0.39 is 0 Å². The summed E-state index contributed by atoms with van der Waals surface area (Å²) in [6, 6.07) is 17.5. The second-order valence-electron chi connectivity index (χ2n) is 6.49. The summed E-state index contributed by atoms with van der Waals surface area (Å²) in [6.07, 6.45) is 1.49. The van der Waals surface area contributed by atoms with Crippen LogP contribution in [-0.2, 0) is 11.4 Å². The number of Topliss-reactive ketones (excluding diaryl/α,β-unsaturated/α-hetero) is 1. The molecule has 0 bridgehead atoms. The number of nitrogens with zero attached hydrogens (tertiary/aromatic N) is 3. The van der Waals surface area contributed by atoms with Crippen LogP contribution in [0.25, 0.3) is 0 Å². The smallest absolute Gasteiger partial charge is 0.226 e. The van der Waals surface area contributed by atoms with E-state index >= 15 is 0 Å². The van der Waals surface area contributed by atoms with Gasteiger partial charge in [0.2, 0.25) is 5.95 Å². The van der Waals surface area contributed by atoms with Gasteiger partial charge in [-0.15, -0.1) is 0 Å². The average Bonchev–Trinajstić information content (AvgIpc) is 3.14. The maximum Gasteiger partial charge on any atom is 0.226 e. The molecular formula is C21H20N4O2. The van der Waals surface area contributed by atoms with Crippen LogP contribution >= 0.6 is 0 Å². The van der Waals surface area contributed by atoms with E-state index in [4.69, 9.17) is 4.74 Å². The molecule has 136 valence electrons. The molecule has 6 nitrogen and oxygen atoms in total. The number of ketones is 1. The normalized spacial score (nSPS) is 15.9. The number of ether oxygens (including phenoxy) is 1. The van der Waals surface area contributed by atoms with Gasteiger partial charge in [-0.25, -0.2) is 4.68 Å². The SMILES string of the molecule is CC(=O)C1=C(C)Nc2ncnn2[C@@H]1c1ccc(OCc2ccccc2)cc1. The lowest BCUT2D eigenvalue weighted by molar-refractivity contribution is -0.114. The van der Waals surface area contributed by atoms with E-state index in [1.807, 2.05) is 61.5 Å². The van der Waals surface area contributed by atoms with Crippen molar-refractivity contribution in [3.8, 4) is 5.75 Å². The molecule has 3 aromatic rings. The second-order valence-corrected chi connectivity index (χ2v) is 6.49. The molecule has 1 aliphatic rings. The van der Waals surface area contributed by atoms with Crippen molar-refractivity contribution < 1.29 is 9.53 Å². The summed E-state index contributed by atoms with van der Waals surface area (Å²) in [5.74, 6) is 1.42. The van der Waals surface area contributed by atoms with Crippen LogP contribution in [0.1, 0.15) is 31.0 Å². The number of rotatable bonds is 5. The Morgan fingerprint density at radius 2 is 1.89 bits per heavy atom. The first-order valence-electron chi connectivity index (χ1n) is 8.78. The maximum atomic E-state index is 12.3. The van der Waals surface area contributed by atoms with Crippen LogP contribution in [0.3, 0.4) is 0 Å². The quantitative estimate of drug-likeness (QED) is 0.751. The zero-order chi connectivity index (χ0) is 18.8. The fourth-order valence-corrected chi connectivity index (χ4v) is 3.34. The minimum Gasteiger partial charge on any atom is -0.489 e. The molecule has 0 unspecified atom stereocenters. The predicted octanol–water partition coefficient (Wildman–Crippen LogP) is 3.74. The van der Waals surface area contributed by atoms with Crippen LogP contribution < -0.4 is 10.1 Å². The van der Waals surface area contributed by atoms with Crippen molar-refractivity contribution in [3.05, 3.63) is 83.3 Å². The number of benzene rings is 2. The third-order valence-corrected chi connectivity index (χ3v) is 4.62. The highest BCUT2D eigenvalue weighted by atomic mass is 16.5. The fraction of sp³-hybridized carbons (Fsp3) is 0.190. The highest BCUT2D eigenvalue weighted by Gasteiger charge is 2.31.